The molecule has 0 saturated carbocycles. The normalized spacial score (nSPS) is 14.3. The molecule has 1 aromatic carbocycles. The van der Waals surface area contributed by atoms with E-state index in [1.54, 1.807) is 6.92 Å². The number of amides is 1. The lowest BCUT2D eigenvalue weighted by Gasteiger charge is -2.27. The van der Waals surface area contributed by atoms with Crippen LogP contribution in [-0.2, 0) is 11.2 Å². The van der Waals surface area contributed by atoms with Gasteiger partial charge in [0.05, 0.1) is 12.0 Å². The van der Waals surface area contributed by atoms with Crippen LogP contribution in [0.25, 0.3) is 0 Å². The third-order valence-corrected chi connectivity index (χ3v) is 3.74. The van der Waals surface area contributed by atoms with Crippen LogP contribution in [0.2, 0.25) is 0 Å². The van der Waals surface area contributed by atoms with Gasteiger partial charge in [-0.2, -0.15) is 0 Å². The summed E-state index contributed by atoms with van der Waals surface area (Å²) >= 11 is 0. The van der Waals surface area contributed by atoms with Gasteiger partial charge in [0.1, 0.15) is 0 Å². The topological polar surface area (TPSA) is 49.3 Å². The molecule has 0 aliphatic heterocycles. The van der Waals surface area contributed by atoms with Crippen molar-refractivity contribution < 1.29 is 9.90 Å². The van der Waals surface area contributed by atoms with Crippen LogP contribution in [-0.4, -0.2) is 23.2 Å². The number of hydrogen-bond acceptors (Lipinski definition) is 2. The van der Waals surface area contributed by atoms with Crippen LogP contribution in [0.4, 0.5) is 0 Å². The Morgan fingerprint density at radius 1 is 1.37 bits per heavy atom. The number of carbonyl (C=O) groups is 1. The standard InChI is InChI=1S/C16H25NO2/c1-11(2)16(5,19)10-17-15(18)9-14-8-12(3)6-7-13(14)4/h6-8,11,19H,9-10H2,1-5H3,(H,17,18). The van der Waals surface area contributed by atoms with Crippen LogP contribution >= 0.6 is 0 Å². The van der Waals surface area contributed by atoms with Gasteiger partial charge >= 0.3 is 0 Å². The maximum atomic E-state index is 11.9. The number of nitrogens with one attached hydrogen (secondary N) is 1. The highest BCUT2D eigenvalue weighted by molar-refractivity contribution is 5.79. The van der Waals surface area contributed by atoms with E-state index in [2.05, 4.69) is 5.32 Å². The number of hydrogen-bond donors (Lipinski definition) is 2. The summed E-state index contributed by atoms with van der Waals surface area (Å²) in [5, 5.41) is 12.9. The summed E-state index contributed by atoms with van der Waals surface area (Å²) in [5.41, 5.74) is 2.46. The Bertz CT molecular complexity index is 450. The van der Waals surface area contributed by atoms with Crippen molar-refractivity contribution in [3.63, 3.8) is 0 Å². The summed E-state index contributed by atoms with van der Waals surface area (Å²) in [6.07, 6.45) is 0.363. The highest BCUT2D eigenvalue weighted by Gasteiger charge is 2.25. The fourth-order valence-corrected chi connectivity index (χ4v) is 1.71. The molecule has 1 unspecified atom stereocenters. The predicted octanol–water partition coefficient (Wildman–Crippen LogP) is 2.37. The molecule has 2 N–H and O–H groups in total. The fourth-order valence-electron chi connectivity index (χ4n) is 1.71. The number of aryl methyl sites for hydroxylation is 2. The minimum Gasteiger partial charge on any atom is -0.388 e. The van der Waals surface area contributed by atoms with Crippen LogP contribution in [0, 0.1) is 19.8 Å². The molecular weight excluding hydrogens is 238 g/mol. The Labute approximate surface area is 116 Å². The van der Waals surface area contributed by atoms with Gasteiger partial charge in [0.25, 0.3) is 0 Å². The number of rotatable bonds is 5. The molecule has 0 aliphatic carbocycles. The van der Waals surface area contributed by atoms with Gasteiger partial charge in [-0.25, -0.2) is 0 Å². The van der Waals surface area contributed by atoms with Crippen molar-refractivity contribution >= 4 is 5.91 Å². The fraction of sp³-hybridized carbons (Fsp3) is 0.562. The monoisotopic (exact) mass is 263 g/mol. The second-order valence-corrected chi connectivity index (χ2v) is 5.90. The Hall–Kier alpha value is -1.35. The van der Waals surface area contributed by atoms with Crippen LogP contribution in [0.3, 0.4) is 0 Å². The first kappa shape index (κ1) is 15.7. The largest absolute Gasteiger partial charge is 0.388 e. The van der Waals surface area contributed by atoms with Crippen LogP contribution in [0.1, 0.15) is 37.5 Å². The third-order valence-electron chi connectivity index (χ3n) is 3.74. The average Bonchev–Trinajstić information content (AvgIpc) is 2.31. The van der Waals surface area contributed by atoms with E-state index in [9.17, 15) is 9.90 Å². The first-order chi connectivity index (χ1) is 8.72. The Balaban J connectivity index is 2.59. The van der Waals surface area contributed by atoms with Crippen molar-refractivity contribution in [2.75, 3.05) is 6.54 Å². The summed E-state index contributed by atoms with van der Waals surface area (Å²) in [6.45, 7) is 9.94. The zero-order valence-electron chi connectivity index (χ0n) is 12.6. The Morgan fingerprint density at radius 2 is 2.00 bits per heavy atom. The van der Waals surface area contributed by atoms with Gasteiger partial charge in [0.15, 0.2) is 0 Å². The summed E-state index contributed by atoms with van der Waals surface area (Å²) in [5.74, 6) is 0.0585. The van der Waals surface area contributed by atoms with Crippen molar-refractivity contribution in [1.29, 1.82) is 0 Å². The number of aliphatic hydroxyl groups is 1. The molecule has 1 aromatic rings. The van der Waals surface area contributed by atoms with E-state index < -0.39 is 5.60 Å². The molecule has 0 fully saturated rings. The molecule has 0 heterocycles. The minimum absolute atomic E-state index is 0.0466. The van der Waals surface area contributed by atoms with E-state index in [0.717, 1.165) is 16.7 Å². The molecule has 3 heteroatoms. The van der Waals surface area contributed by atoms with Gasteiger partial charge in [-0.1, -0.05) is 37.6 Å². The Kier molecular flexibility index (Phi) is 5.12. The number of carbonyl (C=O) groups excluding carboxylic acids is 1. The molecule has 0 spiro atoms. The second kappa shape index (κ2) is 6.20. The zero-order chi connectivity index (χ0) is 14.6. The van der Waals surface area contributed by atoms with Crippen LogP contribution < -0.4 is 5.32 Å². The van der Waals surface area contributed by atoms with Gasteiger partial charge in [-0.05, 0) is 37.8 Å². The zero-order valence-corrected chi connectivity index (χ0v) is 12.6. The molecule has 106 valence electrons. The third kappa shape index (κ3) is 4.67. The number of benzene rings is 1. The van der Waals surface area contributed by atoms with Gasteiger partial charge in [0, 0.05) is 6.54 Å². The first-order valence-corrected chi connectivity index (χ1v) is 6.77. The molecule has 3 nitrogen and oxygen atoms in total. The molecule has 19 heavy (non-hydrogen) atoms. The smallest absolute Gasteiger partial charge is 0.224 e. The quantitative estimate of drug-likeness (QED) is 0.857. The van der Waals surface area contributed by atoms with Gasteiger partial charge in [-0.15, -0.1) is 0 Å². The highest BCUT2D eigenvalue weighted by Crippen LogP contribution is 2.15. The van der Waals surface area contributed by atoms with Crippen LogP contribution in [0.5, 0.6) is 0 Å². The van der Waals surface area contributed by atoms with Gasteiger partial charge in [0.2, 0.25) is 5.91 Å². The molecular formula is C16H25NO2. The van der Waals surface area contributed by atoms with Crippen molar-refractivity contribution in [3.05, 3.63) is 34.9 Å². The van der Waals surface area contributed by atoms with Crippen LogP contribution in [0.15, 0.2) is 18.2 Å². The van der Waals surface area contributed by atoms with E-state index in [1.807, 2.05) is 45.9 Å². The van der Waals surface area contributed by atoms with E-state index >= 15 is 0 Å². The van der Waals surface area contributed by atoms with Crippen molar-refractivity contribution in [3.8, 4) is 0 Å². The van der Waals surface area contributed by atoms with Gasteiger partial charge < -0.3 is 10.4 Å². The molecule has 1 rings (SSSR count). The van der Waals surface area contributed by atoms with E-state index in [1.165, 1.54) is 0 Å². The van der Waals surface area contributed by atoms with E-state index in [-0.39, 0.29) is 18.4 Å². The minimum atomic E-state index is -0.864. The van der Waals surface area contributed by atoms with E-state index in [0.29, 0.717) is 6.42 Å². The van der Waals surface area contributed by atoms with Crippen molar-refractivity contribution in [2.24, 2.45) is 5.92 Å². The molecule has 1 atom stereocenters. The second-order valence-electron chi connectivity index (χ2n) is 5.90. The highest BCUT2D eigenvalue weighted by atomic mass is 16.3. The lowest BCUT2D eigenvalue weighted by Crippen LogP contribution is -2.44. The molecule has 1 amide bonds. The lowest BCUT2D eigenvalue weighted by molar-refractivity contribution is -0.122. The van der Waals surface area contributed by atoms with Gasteiger partial charge in [-0.3, -0.25) is 4.79 Å². The SMILES string of the molecule is Cc1ccc(C)c(CC(=O)NCC(C)(O)C(C)C)c1. The summed E-state index contributed by atoms with van der Waals surface area (Å²) < 4.78 is 0. The lowest BCUT2D eigenvalue weighted by atomic mass is 9.92. The summed E-state index contributed by atoms with van der Waals surface area (Å²) in [4.78, 5) is 11.9. The van der Waals surface area contributed by atoms with Crippen molar-refractivity contribution in [1.82, 2.24) is 5.32 Å². The predicted molar refractivity (Wildman–Crippen MR) is 78.1 cm³/mol. The summed E-state index contributed by atoms with van der Waals surface area (Å²) in [6, 6.07) is 6.11. The van der Waals surface area contributed by atoms with E-state index in [4.69, 9.17) is 0 Å². The maximum Gasteiger partial charge on any atom is 0.224 e. The first-order valence-electron chi connectivity index (χ1n) is 6.77. The Morgan fingerprint density at radius 3 is 2.58 bits per heavy atom. The molecule has 0 bridgehead atoms. The molecule has 0 radical (unpaired) electrons. The maximum absolute atomic E-state index is 11.9. The molecule has 0 aliphatic rings. The average molecular weight is 263 g/mol. The molecule has 0 saturated heterocycles. The van der Waals surface area contributed by atoms with Crippen molar-refractivity contribution in [2.45, 2.75) is 46.6 Å². The summed E-state index contributed by atoms with van der Waals surface area (Å²) in [7, 11) is 0. The molecule has 0 aromatic heterocycles.